The SMILES string of the molecule is Cc1cc(C(CC(=O)O)C2CC2)cc(C)c1OCc1ccccc1. The highest BCUT2D eigenvalue weighted by molar-refractivity contribution is 5.68. The maximum Gasteiger partial charge on any atom is 0.303 e. The number of hydrogen-bond acceptors (Lipinski definition) is 2. The molecule has 1 atom stereocenters. The summed E-state index contributed by atoms with van der Waals surface area (Å²) in [6.07, 6.45) is 2.50. The summed E-state index contributed by atoms with van der Waals surface area (Å²) in [6.45, 7) is 4.63. The molecule has 0 bridgehead atoms. The van der Waals surface area contributed by atoms with Gasteiger partial charge in [0.15, 0.2) is 0 Å². The van der Waals surface area contributed by atoms with E-state index in [1.54, 1.807) is 0 Å². The molecule has 1 unspecified atom stereocenters. The van der Waals surface area contributed by atoms with Gasteiger partial charge in [0.25, 0.3) is 0 Å². The van der Waals surface area contributed by atoms with Gasteiger partial charge in [0, 0.05) is 0 Å². The van der Waals surface area contributed by atoms with Gasteiger partial charge in [-0.25, -0.2) is 0 Å². The van der Waals surface area contributed by atoms with Crippen molar-refractivity contribution < 1.29 is 14.6 Å². The molecule has 1 saturated carbocycles. The zero-order valence-corrected chi connectivity index (χ0v) is 14.3. The standard InChI is InChI=1S/C21H24O3/c1-14-10-18(19(12-20(22)23)17-8-9-17)11-15(2)21(14)24-13-16-6-4-3-5-7-16/h3-7,10-11,17,19H,8-9,12-13H2,1-2H3,(H,22,23). The quantitative estimate of drug-likeness (QED) is 0.792. The average Bonchev–Trinajstić information content (AvgIpc) is 3.37. The number of rotatable bonds is 7. The first-order valence-corrected chi connectivity index (χ1v) is 8.54. The second-order valence-electron chi connectivity index (χ2n) is 6.80. The topological polar surface area (TPSA) is 46.5 Å². The third kappa shape index (κ3) is 3.97. The van der Waals surface area contributed by atoms with Crippen molar-refractivity contribution in [3.63, 3.8) is 0 Å². The number of carboxylic acid groups (broad SMARTS) is 1. The van der Waals surface area contributed by atoms with E-state index in [1.165, 1.54) is 0 Å². The van der Waals surface area contributed by atoms with Crippen molar-refractivity contribution >= 4 is 5.97 Å². The van der Waals surface area contributed by atoms with Crippen LogP contribution >= 0.6 is 0 Å². The molecule has 126 valence electrons. The second-order valence-corrected chi connectivity index (χ2v) is 6.80. The van der Waals surface area contributed by atoms with Crippen LogP contribution < -0.4 is 4.74 Å². The van der Waals surface area contributed by atoms with Gasteiger partial charge in [0.2, 0.25) is 0 Å². The maximum atomic E-state index is 11.2. The predicted octanol–water partition coefficient (Wildman–Crippen LogP) is 4.85. The van der Waals surface area contributed by atoms with E-state index < -0.39 is 5.97 Å². The molecule has 0 saturated heterocycles. The highest BCUT2D eigenvalue weighted by atomic mass is 16.5. The molecule has 0 heterocycles. The summed E-state index contributed by atoms with van der Waals surface area (Å²) < 4.78 is 6.03. The zero-order valence-electron chi connectivity index (χ0n) is 14.3. The van der Waals surface area contributed by atoms with Gasteiger partial charge in [-0.15, -0.1) is 0 Å². The van der Waals surface area contributed by atoms with E-state index in [0.717, 1.165) is 40.8 Å². The number of hydrogen-bond donors (Lipinski definition) is 1. The van der Waals surface area contributed by atoms with Gasteiger partial charge in [-0.05, 0) is 60.8 Å². The predicted molar refractivity (Wildman–Crippen MR) is 94.4 cm³/mol. The van der Waals surface area contributed by atoms with Crippen LogP contribution in [0.15, 0.2) is 42.5 Å². The lowest BCUT2D eigenvalue weighted by molar-refractivity contribution is -0.137. The summed E-state index contributed by atoms with van der Waals surface area (Å²) in [7, 11) is 0. The highest BCUT2D eigenvalue weighted by Crippen LogP contribution is 2.45. The summed E-state index contributed by atoms with van der Waals surface area (Å²) in [5.74, 6) is 0.846. The van der Waals surface area contributed by atoms with Gasteiger partial charge < -0.3 is 9.84 Å². The largest absolute Gasteiger partial charge is 0.488 e. The molecule has 2 aromatic rings. The van der Waals surface area contributed by atoms with E-state index in [2.05, 4.69) is 24.3 Å². The van der Waals surface area contributed by atoms with Crippen LogP contribution in [0.5, 0.6) is 5.75 Å². The van der Waals surface area contributed by atoms with Crippen LogP contribution in [0.1, 0.15) is 47.4 Å². The second kappa shape index (κ2) is 7.08. The number of ether oxygens (including phenoxy) is 1. The van der Waals surface area contributed by atoms with Crippen molar-refractivity contribution in [2.45, 2.75) is 45.6 Å². The smallest absolute Gasteiger partial charge is 0.303 e. The summed E-state index contributed by atoms with van der Waals surface area (Å²) in [6, 6.07) is 14.3. The average molecular weight is 324 g/mol. The van der Waals surface area contributed by atoms with E-state index in [0.29, 0.717) is 12.5 Å². The molecule has 2 aromatic carbocycles. The lowest BCUT2D eigenvalue weighted by Gasteiger charge is -2.19. The van der Waals surface area contributed by atoms with Crippen LogP contribution in [0.4, 0.5) is 0 Å². The molecule has 0 amide bonds. The minimum atomic E-state index is -0.716. The van der Waals surface area contributed by atoms with E-state index in [4.69, 9.17) is 4.74 Å². The van der Waals surface area contributed by atoms with Crippen LogP contribution in [0.25, 0.3) is 0 Å². The Morgan fingerprint density at radius 1 is 1.17 bits per heavy atom. The van der Waals surface area contributed by atoms with E-state index in [-0.39, 0.29) is 12.3 Å². The Bertz CT molecular complexity index is 694. The molecule has 1 N–H and O–H groups in total. The van der Waals surface area contributed by atoms with Crippen LogP contribution in [0.2, 0.25) is 0 Å². The fraction of sp³-hybridized carbons (Fsp3) is 0.381. The van der Waals surface area contributed by atoms with E-state index in [1.807, 2.05) is 32.0 Å². The third-order valence-corrected chi connectivity index (χ3v) is 4.72. The van der Waals surface area contributed by atoms with Crippen molar-refractivity contribution in [2.75, 3.05) is 0 Å². The van der Waals surface area contributed by atoms with Gasteiger partial charge in [-0.2, -0.15) is 0 Å². The minimum absolute atomic E-state index is 0.128. The number of carbonyl (C=O) groups is 1. The molecule has 1 aliphatic rings. The summed E-state index contributed by atoms with van der Waals surface area (Å²) in [5, 5.41) is 9.20. The normalized spacial score (nSPS) is 15.1. The molecule has 0 radical (unpaired) electrons. The Balaban J connectivity index is 1.78. The van der Waals surface area contributed by atoms with Crippen LogP contribution in [0, 0.1) is 19.8 Å². The number of aliphatic carboxylic acids is 1. The Morgan fingerprint density at radius 3 is 2.33 bits per heavy atom. The molecular weight excluding hydrogens is 300 g/mol. The summed E-state index contributed by atoms with van der Waals surface area (Å²) in [4.78, 5) is 11.2. The Hall–Kier alpha value is -2.29. The summed E-state index contributed by atoms with van der Waals surface area (Å²) >= 11 is 0. The van der Waals surface area contributed by atoms with Crippen LogP contribution in [-0.4, -0.2) is 11.1 Å². The van der Waals surface area contributed by atoms with Gasteiger partial charge in [0.05, 0.1) is 6.42 Å². The molecule has 0 aromatic heterocycles. The van der Waals surface area contributed by atoms with Crippen molar-refractivity contribution in [1.82, 2.24) is 0 Å². The Morgan fingerprint density at radius 2 is 1.79 bits per heavy atom. The van der Waals surface area contributed by atoms with Crippen molar-refractivity contribution in [3.8, 4) is 5.75 Å². The van der Waals surface area contributed by atoms with Crippen molar-refractivity contribution in [2.24, 2.45) is 5.92 Å². The first-order valence-electron chi connectivity index (χ1n) is 8.54. The van der Waals surface area contributed by atoms with E-state index >= 15 is 0 Å². The van der Waals surface area contributed by atoms with Crippen molar-refractivity contribution in [1.29, 1.82) is 0 Å². The molecule has 24 heavy (non-hydrogen) atoms. The third-order valence-electron chi connectivity index (χ3n) is 4.72. The number of aryl methyl sites for hydroxylation is 2. The fourth-order valence-corrected chi connectivity index (χ4v) is 3.40. The van der Waals surface area contributed by atoms with Gasteiger partial charge in [0.1, 0.15) is 12.4 Å². The maximum absolute atomic E-state index is 11.2. The fourth-order valence-electron chi connectivity index (χ4n) is 3.40. The first kappa shape index (κ1) is 16.6. The minimum Gasteiger partial charge on any atom is -0.488 e. The Kier molecular flexibility index (Phi) is 4.89. The molecule has 3 rings (SSSR count). The van der Waals surface area contributed by atoms with Gasteiger partial charge in [-0.1, -0.05) is 42.5 Å². The molecule has 3 heteroatoms. The first-order chi connectivity index (χ1) is 11.5. The lowest BCUT2D eigenvalue weighted by Crippen LogP contribution is -2.09. The lowest BCUT2D eigenvalue weighted by atomic mass is 9.88. The van der Waals surface area contributed by atoms with E-state index in [9.17, 15) is 9.90 Å². The van der Waals surface area contributed by atoms with Gasteiger partial charge >= 0.3 is 5.97 Å². The highest BCUT2D eigenvalue weighted by Gasteiger charge is 2.34. The van der Waals surface area contributed by atoms with Crippen LogP contribution in [-0.2, 0) is 11.4 Å². The molecule has 3 nitrogen and oxygen atoms in total. The van der Waals surface area contributed by atoms with Crippen molar-refractivity contribution in [3.05, 3.63) is 64.7 Å². The Labute approximate surface area is 143 Å². The zero-order chi connectivity index (χ0) is 17.1. The van der Waals surface area contributed by atoms with Gasteiger partial charge in [-0.3, -0.25) is 4.79 Å². The molecular formula is C21H24O3. The number of benzene rings is 2. The molecule has 1 aliphatic carbocycles. The summed E-state index contributed by atoms with van der Waals surface area (Å²) in [5.41, 5.74) is 4.44. The molecule has 0 spiro atoms. The molecule has 0 aliphatic heterocycles. The molecule has 1 fully saturated rings. The monoisotopic (exact) mass is 324 g/mol. The van der Waals surface area contributed by atoms with Crippen LogP contribution in [0.3, 0.4) is 0 Å². The number of carboxylic acids is 1.